The molecule has 7 nitrogen and oxygen atoms in total. The van der Waals surface area contributed by atoms with Crippen LogP contribution >= 0.6 is 15.9 Å². The molecule has 2 N–H and O–H groups in total. The molecule has 1 heterocycles. The fraction of sp³-hybridized carbons (Fsp3) is 0.300. The normalized spacial score (nSPS) is 14.5. The summed E-state index contributed by atoms with van der Waals surface area (Å²) >= 11 is 3.42. The zero-order valence-corrected chi connectivity index (χ0v) is 17.1. The summed E-state index contributed by atoms with van der Waals surface area (Å²) in [6.45, 7) is 2.18. The second-order valence-electron chi connectivity index (χ2n) is 6.95. The van der Waals surface area contributed by atoms with E-state index in [2.05, 4.69) is 42.1 Å². The van der Waals surface area contributed by atoms with Crippen LogP contribution in [-0.4, -0.2) is 32.7 Å². The van der Waals surface area contributed by atoms with E-state index in [0.29, 0.717) is 6.04 Å². The van der Waals surface area contributed by atoms with Crippen molar-refractivity contribution in [2.24, 2.45) is 0 Å². The van der Waals surface area contributed by atoms with Gasteiger partial charge in [0.25, 0.3) is 0 Å². The summed E-state index contributed by atoms with van der Waals surface area (Å²) in [4.78, 5) is 12.2. The standard InChI is InChI=1S/C20H21BrN6O/c1-13(14-2-6-16(21)7-3-14)23-19(28)12-22-17-8-4-15(5-9-17)20-24-25-26-27(20)18-10-11-18/h2-9,13,18,22H,10-12H2,1H3,(H,23,28). The van der Waals surface area contributed by atoms with Crippen molar-refractivity contribution in [3.05, 3.63) is 58.6 Å². The first kappa shape index (κ1) is 18.6. The number of hydrogen-bond acceptors (Lipinski definition) is 5. The van der Waals surface area contributed by atoms with Crippen molar-refractivity contribution in [2.45, 2.75) is 31.8 Å². The van der Waals surface area contributed by atoms with Crippen LogP contribution < -0.4 is 10.6 Å². The van der Waals surface area contributed by atoms with Gasteiger partial charge in [0.1, 0.15) is 0 Å². The summed E-state index contributed by atoms with van der Waals surface area (Å²) in [6, 6.07) is 16.1. The molecule has 0 aliphatic heterocycles. The van der Waals surface area contributed by atoms with Crippen molar-refractivity contribution < 1.29 is 4.79 Å². The summed E-state index contributed by atoms with van der Waals surface area (Å²) < 4.78 is 2.91. The van der Waals surface area contributed by atoms with Gasteiger partial charge in [-0.3, -0.25) is 4.79 Å². The van der Waals surface area contributed by atoms with Crippen LogP contribution in [0.5, 0.6) is 0 Å². The Bertz CT molecular complexity index is 950. The molecular formula is C20H21BrN6O. The fourth-order valence-corrected chi connectivity index (χ4v) is 3.26. The molecule has 0 bridgehead atoms. The first-order valence-electron chi connectivity index (χ1n) is 9.27. The molecule has 2 aromatic carbocycles. The highest BCUT2D eigenvalue weighted by Crippen LogP contribution is 2.36. The molecule has 0 radical (unpaired) electrons. The van der Waals surface area contributed by atoms with Crippen LogP contribution in [0.4, 0.5) is 5.69 Å². The molecule has 0 saturated heterocycles. The van der Waals surface area contributed by atoms with Gasteiger partial charge in [-0.15, -0.1) is 5.10 Å². The van der Waals surface area contributed by atoms with Crippen LogP contribution in [-0.2, 0) is 4.79 Å². The third kappa shape index (κ3) is 4.39. The minimum atomic E-state index is -0.0582. The van der Waals surface area contributed by atoms with Crippen LogP contribution in [0.2, 0.25) is 0 Å². The fourth-order valence-electron chi connectivity index (χ4n) is 3.00. The molecule has 1 atom stereocenters. The first-order chi connectivity index (χ1) is 13.6. The Morgan fingerprint density at radius 2 is 1.89 bits per heavy atom. The van der Waals surface area contributed by atoms with Gasteiger partial charge in [-0.25, -0.2) is 4.68 Å². The van der Waals surface area contributed by atoms with Gasteiger partial charge in [-0.05, 0) is 72.2 Å². The highest BCUT2D eigenvalue weighted by Gasteiger charge is 2.28. The summed E-state index contributed by atoms with van der Waals surface area (Å²) in [5.41, 5.74) is 2.91. The number of anilines is 1. The lowest BCUT2D eigenvalue weighted by Gasteiger charge is -2.15. The van der Waals surface area contributed by atoms with Crippen molar-refractivity contribution in [1.29, 1.82) is 0 Å². The second-order valence-corrected chi connectivity index (χ2v) is 7.87. The molecule has 1 aliphatic rings. The number of benzene rings is 2. The van der Waals surface area contributed by atoms with Gasteiger partial charge >= 0.3 is 0 Å². The number of carbonyl (C=O) groups is 1. The van der Waals surface area contributed by atoms with E-state index in [4.69, 9.17) is 0 Å². The van der Waals surface area contributed by atoms with Crippen molar-refractivity contribution >= 4 is 27.5 Å². The van der Waals surface area contributed by atoms with Crippen LogP contribution in [0.15, 0.2) is 53.0 Å². The van der Waals surface area contributed by atoms with Gasteiger partial charge in [0.15, 0.2) is 5.82 Å². The maximum atomic E-state index is 12.2. The monoisotopic (exact) mass is 440 g/mol. The number of amides is 1. The smallest absolute Gasteiger partial charge is 0.239 e. The van der Waals surface area contributed by atoms with Crippen molar-refractivity contribution in [3.63, 3.8) is 0 Å². The molecule has 0 spiro atoms. The Morgan fingerprint density at radius 3 is 2.57 bits per heavy atom. The second kappa shape index (κ2) is 8.10. The van der Waals surface area contributed by atoms with Gasteiger partial charge in [0.05, 0.1) is 18.6 Å². The van der Waals surface area contributed by atoms with Crippen molar-refractivity contribution in [3.8, 4) is 11.4 Å². The van der Waals surface area contributed by atoms with Gasteiger partial charge < -0.3 is 10.6 Å². The van der Waals surface area contributed by atoms with E-state index in [9.17, 15) is 4.79 Å². The predicted octanol–water partition coefficient (Wildman–Crippen LogP) is 3.73. The molecule has 1 amide bonds. The Morgan fingerprint density at radius 1 is 1.18 bits per heavy atom. The molecule has 1 aliphatic carbocycles. The van der Waals surface area contributed by atoms with Crippen molar-refractivity contribution in [2.75, 3.05) is 11.9 Å². The lowest BCUT2D eigenvalue weighted by Crippen LogP contribution is -2.32. The number of hydrogen-bond donors (Lipinski definition) is 2. The number of rotatable bonds is 7. The van der Waals surface area contributed by atoms with Crippen LogP contribution in [0.1, 0.15) is 37.4 Å². The highest BCUT2D eigenvalue weighted by molar-refractivity contribution is 9.10. The van der Waals surface area contributed by atoms with E-state index in [1.165, 1.54) is 0 Å². The summed E-state index contributed by atoms with van der Waals surface area (Å²) in [5, 5.41) is 18.2. The predicted molar refractivity (Wildman–Crippen MR) is 111 cm³/mol. The molecule has 4 rings (SSSR count). The number of aromatic nitrogens is 4. The van der Waals surface area contributed by atoms with Gasteiger partial charge in [0, 0.05) is 15.7 Å². The van der Waals surface area contributed by atoms with Crippen LogP contribution in [0.25, 0.3) is 11.4 Å². The Kier molecular flexibility index (Phi) is 5.38. The minimum absolute atomic E-state index is 0.0499. The SMILES string of the molecule is CC(NC(=O)CNc1ccc(-c2nnnn2C2CC2)cc1)c1ccc(Br)cc1. The zero-order chi connectivity index (χ0) is 19.5. The topological polar surface area (TPSA) is 84.7 Å². The quantitative estimate of drug-likeness (QED) is 0.584. The largest absolute Gasteiger partial charge is 0.376 e. The Labute approximate surface area is 171 Å². The van der Waals surface area contributed by atoms with E-state index < -0.39 is 0 Å². The summed E-state index contributed by atoms with van der Waals surface area (Å²) in [5.74, 6) is 0.729. The summed E-state index contributed by atoms with van der Waals surface area (Å²) in [6.07, 6.45) is 2.26. The van der Waals surface area contributed by atoms with Gasteiger partial charge in [0.2, 0.25) is 5.91 Å². The Hall–Kier alpha value is -2.74. The maximum Gasteiger partial charge on any atom is 0.239 e. The number of nitrogens with one attached hydrogen (secondary N) is 2. The average Bonchev–Trinajstić information content (AvgIpc) is 3.44. The third-order valence-corrected chi connectivity index (χ3v) is 5.26. The molecule has 1 unspecified atom stereocenters. The number of halogens is 1. The molecule has 28 heavy (non-hydrogen) atoms. The van der Waals surface area contributed by atoms with E-state index >= 15 is 0 Å². The van der Waals surface area contributed by atoms with Crippen molar-refractivity contribution in [1.82, 2.24) is 25.5 Å². The molecule has 3 aromatic rings. The maximum absolute atomic E-state index is 12.2. The number of nitrogens with zero attached hydrogens (tertiary/aromatic N) is 4. The minimum Gasteiger partial charge on any atom is -0.376 e. The lowest BCUT2D eigenvalue weighted by atomic mass is 10.1. The van der Waals surface area contributed by atoms with E-state index in [0.717, 1.165) is 40.0 Å². The van der Waals surface area contributed by atoms with Crippen LogP contribution in [0, 0.1) is 0 Å². The molecule has 1 fully saturated rings. The van der Waals surface area contributed by atoms with E-state index in [1.54, 1.807) is 0 Å². The van der Waals surface area contributed by atoms with Crippen LogP contribution in [0.3, 0.4) is 0 Å². The van der Waals surface area contributed by atoms with E-state index in [1.807, 2.05) is 60.1 Å². The highest BCUT2D eigenvalue weighted by atomic mass is 79.9. The number of tetrazole rings is 1. The molecule has 144 valence electrons. The third-order valence-electron chi connectivity index (χ3n) is 4.73. The van der Waals surface area contributed by atoms with Gasteiger partial charge in [-0.1, -0.05) is 28.1 Å². The molecule has 8 heteroatoms. The molecule has 1 aromatic heterocycles. The number of carbonyl (C=O) groups excluding carboxylic acids is 1. The van der Waals surface area contributed by atoms with E-state index in [-0.39, 0.29) is 18.5 Å². The lowest BCUT2D eigenvalue weighted by molar-refractivity contribution is -0.120. The molecule has 1 saturated carbocycles. The Balaban J connectivity index is 1.31. The first-order valence-corrected chi connectivity index (χ1v) is 10.1. The summed E-state index contributed by atoms with van der Waals surface area (Å²) in [7, 11) is 0. The molecular weight excluding hydrogens is 420 g/mol. The van der Waals surface area contributed by atoms with Gasteiger partial charge in [-0.2, -0.15) is 0 Å². The zero-order valence-electron chi connectivity index (χ0n) is 15.5. The average molecular weight is 441 g/mol.